The molecule has 202 valence electrons. The van der Waals surface area contributed by atoms with Crippen LogP contribution >= 0.6 is 11.3 Å². The Kier molecular flexibility index (Phi) is 5.49. The highest BCUT2D eigenvalue weighted by atomic mass is 32.1. The molecule has 8 rings (SSSR count). The Morgan fingerprint density at radius 3 is 1.93 bits per heavy atom. The highest BCUT2D eigenvalue weighted by Gasteiger charge is 2.30. The quantitative estimate of drug-likeness (QED) is 0.193. The van der Waals surface area contributed by atoms with E-state index in [4.69, 9.17) is 4.98 Å². The molecule has 0 spiro atoms. The van der Waals surface area contributed by atoms with Gasteiger partial charge in [-0.05, 0) is 75.1 Å². The molecule has 0 saturated carbocycles. The van der Waals surface area contributed by atoms with Gasteiger partial charge in [0.15, 0.2) is 0 Å². The third-order valence-corrected chi connectivity index (χ3v) is 8.81. The first-order valence-corrected chi connectivity index (χ1v) is 14.4. The minimum atomic E-state index is -4.41. The molecule has 0 N–H and O–H groups in total. The van der Waals surface area contributed by atoms with E-state index in [2.05, 4.69) is 66.0 Å². The fourth-order valence-electron chi connectivity index (χ4n) is 5.91. The topological polar surface area (TPSA) is 17.8 Å². The summed E-state index contributed by atoms with van der Waals surface area (Å²) in [6.07, 6.45) is -4.41. The third kappa shape index (κ3) is 3.90. The molecule has 6 heteroatoms. The predicted molar refractivity (Wildman–Crippen MR) is 167 cm³/mol. The number of hydrogen-bond acceptors (Lipinski definition) is 2. The first-order valence-electron chi connectivity index (χ1n) is 13.5. The molecule has 0 aliphatic heterocycles. The van der Waals surface area contributed by atoms with E-state index < -0.39 is 11.7 Å². The van der Waals surface area contributed by atoms with Crippen LogP contribution in [0.25, 0.3) is 70.9 Å². The van der Waals surface area contributed by atoms with Crippen molar-refractivity contribution >= 4 is 54.0 Å². The third-order valence-electron chi connectivity index (χ3n) is 7.91. The van der Waals surface area contributed by atoms with Gasteiger partial charge < -0.3 is 0 Å². The molecular formula is C36H21F3N2S. The number of benzene rings is 6. The minimum absolute atomic E-state index is 0.618. The molecule has 6 aromatic carbocycles. The molecule has 0 amide bonds. The summed E-state index contributed by atoms with van der Waals surface area (Å²) in [6.45, 7) is 0. The molecule has 8 aromatic rings. The zero-order valence-electron chi connectivity index (χ0n) is 22.1. The van der Waals surface area contributed by atoms with Gasteiger partial charge in [0.1, 0.15) is 5.82 Å². The fraction of sp³-hybridized carbons (Fsp3) is 0.0278. The normalized spacial score (nSPS) is 12.2. The summed E-state index contributed by atoms with van der Waals surface area (Å²) in [6, 6.07) is 38.4. The van der Waals surface area contributed by atoms with E-state index in [9.17, 15) is 13.2 Å². The zero-order valence-corrected chi connectivity index (χ0v) is 22.9. The van der Waals surface area contributed by atoms with Gasteiger partial charge in [-0.2, -0.15) is 13.2 Å². The van der Waals surface area contributed by atoms with E-state index in [1.807, 2.05) is 41.0 Å². The van der Waals surface area contributed by atoms with Crippen molar-refractivity contribution in [1.82, 2.24) is 9.55 Å². The zero-order chi connectivity index (χ0) is 28.4. The highest BCUT2D eigenvalue weighted by Crippen LogP contribution is 2.40. The van der Waals surface area contributed by atoms with Crippen molar-refractivity contribution in [1.29, 1.82) is 0 Å². The van der Waals surface area contributed by atoms with Gasteiger partial charge in [-0.3, -0.25) is 4.57 Å². The van der Waals surface area contributed by atoms with Crippen LogP contribution in [0.4, 0.5) is 13.2 Å². The Morgan fingerprint density at radius 1 is 0.595 bits per heavy atom. The predicted octanol–water partition coefficient (Wildman–Crippen LogP) is 10.9. The summed E-state index contributed by atoms with van der Waals surface area (Å²) < 4.78 is 43.7. The van der Waals surface area contributed by atoms with Crippen LogP contribution in [0.3, 0.4) is 0 Å². The van der Waals surface area contributed by atoms with Crippen LogP contribution in [0, 0.1) is 0 Å². The second-order valence-electron chi connectivity index (χ2n) is 10.4. The Morgan fingerprint density at radius 2 is 1.21 bits per heavy atom. The van der Waals surface area contributed by atoms with Gasteiger partial charge in [-0.25, -0.2) is 4.98 Å². The molecule has 0 bridgehead atoms. The van der Waals surface area contributed by atoms with E-state index in [0.29, 0.717) is 11.5 Å². The van der Waals surface area contributed by atoms with Gasteiger partial charge in [0.25, 0.3) is 0 Å². The Hall–Kier alpha value is -4.94. The van der Waals surface area contributed by atoms with Crippen molar-refractivity contribution in [2.45, 2.75) is 6.18 Å². The molecule has 0 atom stereocenters. The van der Waals surface area contributed by atoms with Crippen molar-refractivity contribution < 1.29 is 13.2 Å². The second kappa shape index (κ2) is 9.29. The van der Waals surface area contributed by atoms with Crippen LogP contribution < -0.4 is 0 Å². The first-order chi connectivity index (χ1) is 20.5. The molecule has 0 saturated heterocycles. The average molecular weight is 571 g/mol. The van der Waals surface area contributed by atoms with Crippen molar-refractivity contribution in [3.8, 4) is 28.2 Å². The lowest BCUT2D eigenvalue weighted by atomic mass is 10.00. The number of rotatable bonds is 3. The maximum absolute atomic E-state index is 13.5. The number of aromatic nitrogens is 2. The summed E-state index contributed by atoms with van der Waals surface area (Å²) in [5.41, 5.74) is 4.70. The number of fused-ring (bicyclic) bond motifs is 7. The fourth-order valence-corrected chi connectivity index (χ4v) is 6.68. The Bertz CT molecular complexity index is 2280. The number of nitrogens with zero attached hydrogens (tertiary/aromatic N) is 2. The van der Waals surface area contributed by atoms with Crippen LogP contribution in [0.2, 0.25) is 0 Å². The van der Waals surface area contributed by atoms with Gasteiger partial charge >= 0.3 is 6.18 Å². The van der Waals surface area contributed by atoms with Crippen molar-refractivity contribution in [2.24, 2.45) is 0 Å². The standard InChI is InChI=1S/C36H21F3N2S/c37-36(38,39)26-14-16-27(17-15-26)41-34-31-8-4-2-6-29(31)28-5-1-3-7-30(28)33(34)40-35(41)23-11-9-22(10-12-23)24-13-18-32-25(21-24)19-20-42-32/h1-21H. The molecule has 0 radical (unpaired) electrons. The number of imidazole rings is 1. The van der Waals surface area contributed by atoms with Gasteiger partial charge in [-0.1, -0.05) is 78.9 Å². The van der Waals surface area contributed by atoms with Gasteiger partial charge in [-0.15, -0.1) is 11.3 Å². The summed E-state index contributed by atoms with van der Waals surface area (Å²) in [5.74, 6) is 0.672. The van der Waals surface area contributed by atoms with Gasteiger partial charge in [0, 0.05) is 26.7 Å². The minimum Gasteiger partial charge on any atom is -0.292 e. The molecule has 0 fully saturated rings. The number of thiophene rings is 1. The van der Waals surface area contributed by atoms with Gasteiger partial charge in [0.05, 0.1) is 16.6 Å². The molecule has 42 heavy (non-hydrogen) atoms. The van der Waals surface area contributed by atoms with Crippen LogP contribution in [0.15, 0.2) is 127 Å². The summed E-state index contributed by atoms with van der Waals surface area (Å²) in [7, 11) is 0. The number of hydrogen-bond donors (Lipinski definition) is 0. The SMILES string of the molecule is FC(F)(F)c1ccc(-n2c(-c3ccc(-c4ccc5sccc5c4)cc3)nc3c4ccccc4c4ccccc4c32)cc1. The van der Waals surface area contributed by atoms with Crippen LogP contribution in [0.1, 0.15) is 5.56 Å². The van der Waals surface area contributed by atoms with E-state index in [0.717, 1.165) is 61.4 Å². The number of alkyl halides is 3. The monoisotopic (exact) mass is 570 g/mol. The van der Waals surface area contributed by atoms with Crippen molar-refractivity contribution in [2.75, 3.05) is 0 Å². The molecule has 2 heterocycles. The van der Waals surface area contributed by atoms with E-state index in [-0.39, 0.29) is 0 Å². The second-order valence-corrected chi connectivity index (χ2v) is 11.3. The molecule has 2 nitrogen and oxygen atoms in total. The van der Waals surface area contributed by atoms with Gasteiger partial charge in [0.2, 0.25) is 0 Å². The van der Waals surface area contributed by atoms with Crippen molar-refractivity contribution in [3.63, 3.8) is 0 Å². The maximum atomic E-state index is 13.5. The number of halogens is 3. The molecular weight excluding hydrogens is 549 g/mol. The smallest absolute Gasteiger partial charge is 0.292 e. The largest absolute Gasteiger partial charge is 0.416 e. The van der Waals surface area contributed by atoms with E-state index >= 15 is 0 Å². The van der Waals surface area contributed by atoms with Crippen LogP contribution in [-0.4, -0.2) is 9.55 Å². The summed E-state index contributed by atoms with van der Waals surface area (Å²) in [4.78, 5) is 5.19. The Balaban J connectivity index is 1.39. The maximum Gasteiger partial charge on any atom is 0.416 e. The lowest BCUT2D eigenvalue weighted by molar-refractivity contribution is -0.137. The Labute approximate surface area is 242 Å². The van der Waals surface area contributed by atoms with Crippen LogP contribution in [-0.2, 0) is 6.18 Å². The molecule has 0 aliphatic rings. The summed E-state index contributed by atoms with van der Waals surface area (Å²) >= 11 is 1.72. The molecule has 0 unspecified atom stereocenters. The van der Waals surface area contributed by atoms with E-state index in [1.54, 1.807) is 11.3 Å². The highest BCUT2D eigenvalue weighted by molar-refractivity contribution is 7.17. The summed E-state index contributed by atoms with van der Waals surface area (Å²) in [5, 5.41) is 7.45. The molecule has 2 aromatic heterocycles. The van der Waals surface area contributed by atoms with E-state index in [1.165, 1.54) is 22.2 Å². The lowest BCUT2D eigenvalue weighted by Gasteiger charge is -2.14. The van der Waals surface area contributed by atoms with Crippen LogP contribution in [0.5, 0.6) is 0 Å². The lowest BCUT2D eigenvalue weighted by Crippen LogP contribution is -2.05. The first kappa shape index (κ1) is 24.8. The molecule has 0 aliphatic carbocycles. The average Bonchev–Trinajstić information content (AvgIpc) is 3.66. The van der Waals surface area contributed by atoms with Crippen molar-refractivity contribution in [3.05, 3.63) is 132 Å².